The molecule has 48 heavy (non-hydrogen) atoms. The van der Waals surface area contributed by atoms with Crippen molar-refractivity contribution in [1.29, 1.82) is 0 Å². The Balaban J connectivity index is 1.48. The van der Waals surface area contributed by atoms with Crippen LogP contribution < -0.4 is 0 Å². The number of benzene rings is 8. The summed E-state index contributed by atoms with van der Waals surface area (Å²) in [4.78, 5) is 57.1. The predicted octanol–water partition coefficient (Wildman–Crippen LogP) is 9.49. The third kappa shape index (κ3) is 3.96. The van der Waals surface area contributed by atoms with Gasteiger partial charge in [0.1, 0.15) is 0 Å². The van der Waals surface area contributed by atoms with Crippen LogP contribution in [0.4, 0.5) is 0 Å². The van der Waals surface area contributed by atoms with Gasteiger partial charge in [0.2, 0.25) is 0 Å². The normalized spacial score (nSPS) is 12.0. The third-order valence-corrected chi connectivity index (χ3v) is 9.55. The van der Waals surface area contributed by atoms with Crippen LogP contribution in [0, 0.1) is 0 Å². The van der Waals surface area contributed by atoms with E-state index in [0.717, 1.165) is 16.5 Å². The van der Waals surface area contributed by atoms with Crippen LogP contribution >= 0.6 is 0 Å². The molecule has 0 unspecified atom stereocenters. The molecule has 9 rings (SSSR count). The number of ketones is 4. The first-order valence-corrected chi connectivity index (χ1v) is 15.8. The maximum atomic E-state index is 14.4. The van der Waals surface area contributed by atoms with Gasteiger partial charge < -0.3 is 0 Å². The van der Waals surface area contributed by atoms with Crippen LogP contribution in [0.25, 0.3) is 43.4 Å². The Kier molecular flexibility index (Phi) is 6.08. The van der Waals surface area contributed by atoms with Gasteiger partial charge in [0.05, 0.1) is 0 Å². The molecule has 0 heterocycles. The maximum absolute atomic E-state index is 14.4. The van der Waals surface area contributed by atoms with E-state index in [1.54, 1.807) is 54.6 Å². The van der Waals surface area contributed by atoms with Gasteiger partial charge in [-0.25, -0.2) is 0 Å². The minimum absolute atomic E-state index is 0.167. The molecule has 0 atom stereocenters. The lowest BCUT2D eigenvalue weighted by molar-refractivity contribution is 0.102. The number of hydrogen-bond acceptors (Lipinski definition) is 4. The molecule has 8 aromatic rings. The highest BCUT2D eigenvalue weighted by atomic mass is 16.1. The van der Waals surface area contributed by atoms with Crippen molar-refractivity contribution in [2.45, 2.75) is 0 Å². The summed E-state index contributed by atoms with van der Waals surface area (Å²) in [7, 11) is 0. The monoisotopic (exact) mass is 616 g/mol. The van der Waals surface area contributed by atoms with Crippen LogP contribution in [0.1, 0.15) is 63.7 Å². The van der Waals surface area contributed by atoms with Crippen LogP contribution in [-0.2, 0) is 0 Å². The van der Waals surface area contributed by atoms with Gasteiger partial charge >= 0.3 is 0 Å². The molecule has 0 saturated heterocycles. The maximum Gasteiger partial charge on any atom is 0.194 e. The fourth-order valence-electron chi connectivity index (χ4n) is 7.35. The largest absolute Gasteiger partial charge is 0.289 e. The van der Waals surface area contributed by atoms with Crippen LogP contribution in [0.3, 0.4) is 0 Å². The number of fused-ring (bicyclic) bond motifs is 2. The zero-order valence-electron chi connectivity index (χ0n) is 25.5. The average Bonchev–Trinajstić information content (AvgIpc) is 3.16. The summed E-state index contributed by atoms with van der Waals surface area (Å²) >= 11 is 0. The second-order valence-corrected chi connectivity index (χ2v) is 12.2. The highest BCUT2D eigenvalue weighted by Crippen LogP contribution is 2.49. The molecule has 4 nitrogen and oxygen atoms in total. The van der Waals surface area contributed by atoms with Gasteiger partial charge in [0.25, 0.3) is 0 Å². The van der Waals surface area contributed by atoms with Gasteiger partial charge in [-0.2, -0.15) is 0 Å². The number of hydrogen-bond donors (Lipinski definition) is 0. The summed E-state index contributed by atoms with van der Waals surface area (Å²) in [5.74, 6) is -0.812. The first-order valence-electron chi connectivity index (χ1n) is 15.8. The molecule has 0 saturated carbocycles. The van der Waals surface area contributed by atoms with Crippen molar-refractivity contribution < 1.29 is 19.2 Å². The van der Waals surface area contributed by atoms with Gasteiger partial charge in [0, 0.05) is 49.9 Å². The zero-order chi connectivity index (χ0) is 32.5. The van der Waals surface area contributed by atoms with Crippen molar-refractivity contribution >= 4 is 55.5 Å². The van der Waals surface area contributed by atoms with Crippen LogP contribution in [-0.4, -0.2) is 23.1 Å². The van der Waals surface area contributed by atoms with E-state index >= 15 is 0 Å². The molecule has 1 aliphatic carbocycles. The van der Waals surface area contributed by atoms with Crippen molar-refractivity contribution in [2.75, 3.05) is 0 Å². The van der Waals surface area contributed by atoms with Crippen molar-refractivity contribution in [3.8, 4) is 11.1 Å². The standard InChI is InChI=1S/C44H24O4/c45-41(25-12-4-1-5-13-25)34-23-36(43(47)27-16-8-3-9-17-27)33-22-32-28-18-10-11-19-31(28)44(48)37-24-35(42(46)26-14-6-2-7-15-26)30-21-20-29(34)38(33)40(30)39(32)37/h1-24H. The van der Waals surface area contributed by atoms with Crippen molar-refractivity contribution in [3.05, 3.63) is 190 Å². The predicted molar refractivity (Wildman–Crippen MR) is 189 cm³/mol. The van der Waals surface area contributed by atoms with Crippen LogP contribution in [0.15, 0.2) is 146 Å². The molecule has 0 fully saturated rings. The minimum atomic E-state index is -0.219. The summed E-state index contributed by atoms with van der Waals surface area (Å²) in [6.07, 6.45) is 0. The smallest absolute Gasteiger partial charge is 0.194 e. The van der Waals surface area contributed by atoms with Gasteiger partial charge in [-0.1, -0.05) is 127 Å². The molecule has 0 aliphatic heterocycles. The van der Waals surface area contributed by atoms with Gasteiger partial charge in [0.15, 0.2) is 23.1 Å². The molecular formula is C44H24O4. The molecular weight excluding hydrogens is 592 g/mol. The zero-order valence-corrected chi connectivity index (χ0v) is 25.5. The Labute approximate surface area is 275 Å². The van der Waals surface area contributed by atoms with E-state index in [1.807, 2.05) is 91.0 Å². The molecule has 0 spiro atoms. The van der Waals surface area contributed by atoms with Crippen molar-refractivity contribution in [1.82, 2.24) is 0 Å². The van der Waals surface area contributed by atoms with E-state index in [-0.39, 0.29) is 23.1 Å². The van der Waals surface area contributed by atoms with E-state index in [2.05, 4.69) is 0 Å². The summed E-state index contributed by atoms with van der Waals surface area (Å²) < 4.78 is 0. The first kappa shape index (κ1) is 27.8. The van der Waals surface area contributed by atoms with Crippen LogP contribution in [0.2, 0.25) is 0 Å². The molecule has 0 radical (unpaired) electrons. The second-order valence-electron chi connectivity index (χ2n) is 12.2. The highest BCUT2D eigenvalue weighted by molar-refractivity contribution is 6.40. The quantitative estimate of drug-likeness (QED) is 0.138. The fourth-order valence-corrected chi connectivity index (χ4v) is 7.35. The first-order chi connectivity index (χ1) is 23.5. The second kappa shape index (κ2) is 10.5. The molecule has 224 valence electrons. The van der Waals surface area contributed by atoms with Crippen LogP contribution in [0.5, 0.6) is 0 Å². The van der Waals surface area contributed by atoms with Gasteiger partial charge in [-0.05, 0) is 56.3 Å². The van der Waals surface area contributed by atoms with E-state index in [0.29, 0.717) is 71.4 Å². The lowest BCUT2D eigenvalue weighted by Crippen LogP contribution is -2.14. The van der Waals surface area contributed by atoms with E-state index in [4.69, 9.17) is 0 Å². The highest BCUT2D eigenvalue weighted by Gasteiger charge is 2.32. The summed E-state index contributed by atoms with van der Waals surface area (Å²) in [5.41, 5.74) is 5.21. The Bertz CT molecular complexity index is 2650. The molecule has 8 aromatic carbocycles. The van der Waals surface area contributed by atoms with Gasteiger partial charge in [-0.15, -0.1) is 0 Å². The van der Waals surface area contributed by atoms with Crippen molar-refractivity contribution in [3.63, 3.8) is 0 Å². The summed E-state index contributed by atoms with van der Waals surface area (Å²) in [6, 6.07) is 43.7. The summed E-state index contributed by atoms with van der Waals surface area (Å²) in [5, 5.41) is 4.09. The lowest BCUT2D eigenvalue weighted by atomic mass is 9.76. The number of carbonyl (C=O) groups is 4. The third-order valence-electron chi connectivity index (χ3n) is 9.55. The molecule has 0 amide bonds. The molecule has 0 bridgehead atoms. The Morgan fingerprint density at radius 3 is 1.31 bits per heavy atom. The topological polar surface area (TPSA) is 68.3 Å². The Hall–Kier alpha value is -6.52. The number of rotatable bonds is 6. The average molecular weight is 617 g/mol. The minimum Gasteiger partial charge on any atom is -0.289 e. The summed E-state index contributed by atoms with van der Waals surface area (Å²) in [6.45, 7) is 0. The van der Waals surface area contributed by atoms with E-state index < -0.39 is 0 Å². The van der Waals surface area contributed by atoms with E-state index in [9.17, 15) is 19.2 Å². The molecule has 1 aliphatic rings. The number of carbonyl (C=O) groups excluding carboxylic acids is 4. The Morgan fingerprint density at radius 1 is 0.333 bits per heavy atom. The SMILES string of the molecule is O=C(c1ccccc1)c1cc(C(=O)c2ccccc2)c2cc3c4c(cc(C(=O)c5ccccc5)c5ccc1c2c54)C(=O)c1ccccc1-3. The van der Waals surface area contributed by atoms with Crippen molar-refractivity contribution in [2.24, 2.45) is 0 Å². The molecule has 0 aromatic heterocycles. The van der Waals surface area contributed by atoms with Gasteiger partial charge in [-0.3, -0.25) is 19.2 Å². The lowest BCUT2D eigenvalue weighted by Gasteiger charge is -2.25. The van der Waals surface area contributed by atoms with E-state index in [1.165, 1.54) is 0 Å². The fraction of sp³-hybridized carbons (Fsp3) is 0. The molecule has 0 N–H and O–H groups in total. The Morgan fingerprint density at radius 2 is 0.771 bits per heavy atom. The molecule has 4 heteroatoms.